The first kappa shape index (κ1) is 25.4. The predicted octanol–water partition coefficient (Wildman–Crippen LogP) is 2.75. The van der Waals surface area contributed by atoms with Crippen LogP contribution in [0.2, 0.25) is 0 Å². The Morgan fingerprint density at radius 1 is 1.06 bits per heavy atom. The number of carbonyl (C=O) groups excluding carboxylic acids is 2. The number of nitrogens with zero attached hydrogens (tertiary/aromatic N) is 5. The molecule has 3 aromatic rings. The van der Waals surface area contributed by atoms with Crippen LogP contribution in [0, 0.1) is 13.8 Å². The van der Waals surface area contributed by atoms with Crippen molar-refractivity contribution >= 4 is 11.8 Å². The van der Waals surface area contributed by atoms with Crippen LogP contribution >= 0.6 is 0 Å². The maximum atomic E-state index is 13.2. The molecule has 0 spiro atoms. The van der Waals surface area contributed by atoms with E-state index in [4.69, 9.17) is 9.47 Å². The van der Waals surface area contributed by atoms with E-state index in [0.717, 1.165) is 28.3 Å². The Kier molecular flexibility index (Phi) is 8.32. The fourth-order valence-corrected chi connectivity index (χ4v) is 4.33. The lowest BCUT2D eigenvalue weighted by Crippen LogP contribution is -2.40. The molecule has 0 aliphatic carbocycles. The van der Waals surface area contributed by atoms with Crippen LogP contribution in [0.25, 0.3) is 0 Å². The molecule has 0 bridgehead atoms. The molecular weight excluding hydrogens is 458 g/mol. The summed E-state index contributed by atoms with van der Waals surface area (Å²) in [4.78, 5) is 33.9. The van der Waals surface area contributed by atoms with Gasteiger partial charge in [-0.1, -0.05) is 12.1 Å². The van der Waals surface area contributed by atoms with Gasteiger partial charge in [-0.25, -0.2) is 0 Å². The molecule has 0 N–H and O–H groups in total. The van der Waals surface area contributed by atoms with Crippen molar-refractivity contribution in [3.05, 3.63) is 77.4 Å². The number of aryl methyl sites for hydroxylation is 3. The van der Waals surface area contributed by atoms with Crippen molar-refractivity contribution in [2.75, 3.05) is 26.7 Å². The van der Waals surface area contributed by atoms with Crippen LogP contribution in [0.3, 0.4) is 0 Å². The van der Waals surface area contributed by atoms with Gasteiger partial charge >= 0.3 is 0 Å². The Morgan fingerprint density at radius 2 is 1.81 bits per heavy atom. The van der Waals surface area contributed by atoms with Crippen LogP contribution < -0.4 is 4.74 Å². The van der Waals surface area contributed by atoms with Gasteiger partial charge < -0.3 is 19.3 Å². The van der Waals surface area contributed by atoms with E-state index in [1.807, 2.05) is 61.0 Å². The highest BCUT2D eigenvalue weighted by atomic mass is 16.5. The molecule has 9 nitrogen and oxygen atoms in total. The van der Waals surface area contributed by atoms with Gasteiger partial charge in [0.1, 0.15) is 5.75 Å². The number of carbonyl (C=O) groups is 2. The van der Waals surface area contributed by atoms with E-state index in [1.54, 1.807) is 29.3 Å². The molecule has 190 valence electrons. The second-order valence-corrected chi connectivity index (χ2v) is 9.09. The highest BCUT2D eigenvalue weighted by Gasteiger charge is 2.31. The summed E-state index contributed by atoms with van der Waals surface area (Å²) in [6.07, 6.45) is 3.39. The lowest BCUT2D eigenvalue weighted by molar-refractivity contribution is -0.139. The van der Waals surface area contributed by atoms with E-state index < -0.39 is 0 Å². The van der Waals surface area contributed by atoms with Crippen molar-refractivity contribution in [3.63, 3.8) is 0 Å². The molecule has 3 heterocycles. The highest BCUT2D eigenvalue weighted by molar-refractivity contribution is 5.85. The van der Waals surface area contributed by atoms with Crippen molar-refractivity contribution < 1.29 is 19.1 Å². The number of methoxy groups -OCH3 is 1. The molecule has 1 saturated heterocycles. The number of rotatable bonds is 9. The SMILES string of the molecule is COc1ccc(CN2CC(OCc3ccncc3)CN(C(=O)CCn3nc(C)cc3C)CC2=O)cc1. The first-order chi connectivity index (χ1) is 17.4. The van der Waals surface area contributed by atoms with E-state index in [-0.39, 0.29) is 30.9 Å². The number of hydrogen-bond acceptors (Lipinski definition) is 6. The first-order valence-electron chi connectivity index (χ1n) is 12.1. The topological polar surface area (TPSA) is 89.8 Å². The molecule has 0 saturated carbocycles. The van der Waals surface area contributed by atoms with Crippen LogP contribution in [-0.2, 0) is 34.0 Å². The van der Waals surface area contributed by atoms with Gasteiger partial charge in [0.15, 0.2) is 0 Å². The first-order valence-corrected chi connectivity index (χ1v) is 12.1. The van der Waals surface area contributed by atoms with Crippen LogP contribution in [0.15, 0.2) is 54.9 Å². The van der Waals surface area contributed by atoms with Gasteiger partial charge in [0.05, 0.1) is 32.1 Å². The van der Waals surface area contributed by atoms with Crippen molar-refractivity contribution in [1.29, 1.82) is 0 Å². The quantitative estimate of drug-likeness (QED) is 0.457. The number of pyridine rings is 1. The third-order valence-corrected chi connectivity index (χ3v) is 6.29. The smallest absolute Gasteiger partial charge is 0.242 e. The third-order valence-electron chi connectivity index (χ3n) is 6.29. The van der Waals surface area contributed by atoms with Gasteiger partial charge in [-0.2, -0.15) is 5.10 Å². The average Bonchev–Trinajstić information content (AvgIpc) is 3.12. The van der Waals surface area contributed by atoms with Crippen molar-refractivity contribution in [1.82, 2.24) is 24.6 Å². The maximum Gasteiger partial charge on any atom is 0.242 e. The Hall–Kier alpha value is -3.72. The van der Waals surface area contributed by atoms with E-state index in [2.05, 4.69) is 10.1 Å². The molecule has 36 heavy (non-hydrogen) atoms. The normalized spacial score (nSPS) is 16.2. The standard InChI is InChI=1S/C27H33N5O4/c1-20-14-21(2)32(29-20)13-10-26(33)31-17-25(36-19-23-8-11-28-12-9-23)16-30(27(34)18-31)15-22-4-6-24(35-3)7-5-22/h4-9,11-12,14,25H,10,13,15-19H2,1-3H3. The summed E-state index contributed by atoms with van der Waals surface area (Å²) < 4.78 is 13.3. The molecule has 1 aliphatic rings. The number of aromatic nitrogens is 3. The van der Waals surface area contributed by atoms with E-state index in [9.17, 15) is 9.59 Å². The minimum Gasteiger partial charge on any atom is -0.497 e. The Balaban J connectivity index is 1.46. The number of ether oxygens (including phenoxy) is 2. The molecule has 9 heteroatoms. The summed E-state index contributed by atoms with van der Waals surface area (Å²) in [6.45, 7) is 5.98. The van der Waals surface area contributed by atoms with Crippen LogP contribution in [0.1, 0.15) is 28.9 Å². The van der Waals surface area contributed by atoms with Crippen molar-refractivity contribution in [3.8, 4) is 5.75 Å². The summed E-state index contributed by atoms with van der Waals surface area (Å²) in [5.41, 5.74) is 3.91. The molecule has 2 aromatic heterocycles. The molecule has 1 fully saturated rings. The zero-order valence-electron chi connectivity index (χ0n) is 21.1. The number of hydrogen-bond donors (Lipinski definition) is 0. The Morgan fingerprint density at radius 3 is 2.47 bits per heavy atom. The van der Waals surface area contributed by atoms with Crippen LogP contribution in [-0.4, -0.2) is 69.2 Å². The zero-order chi connectivity index (χ0) is 25.5. The molecule has 1 atom stereocenters. The average molecular weight is 492 g/mol. The second-order valence-electron chi connectivity index (χ2n) is 9.09. The fraction of sp³-hybridized carbons (Fsp3) is 0.407. The van der Waals surface area contributed by atoms with Crippen molar-refractivity contribution in [2.24, 2.45) is 0 Å². The highest BCUT2D eigenvalue weighted by Crippen LogP contribution is 2.17. The summed E-state index contributed by atoms with van der Waals surface area (Å²) in [6, 6.07) is 13.4. The summed E-state index contributed by atoms with van der Waals surface area (Å²) >= 11 is 0. The molecule has 1 unspecified atom stereocenters. The maximum absolute atomic E-state index is 13.2. The molecule has 2 amide bonds. The minimum atomic E-state index is -0.319. The second kappa shape index (κ2) is 11.8. The molecule has 0 radical (unpaired) electrons. The van der Waals surface area contributed by atoms with Gasteiger partial charge in [0, 0.05) is 50.7 Å². The molecule has 1 aromatic carbocycles. The molecular formula is C27H33N5O4. The lowest BCUT2D eigenvalue weighted by Gasteiger charge is -2.25. The third kappa shape index (κ3) is 6.69. The number of amides is 2. The van der Waals surface area contributed by atoms with Gasteiger partial charge in [0.25, 0.3) is 0 Å². The van der Waals surface area contributed by atoms with Gasteiger partial charge in [0.2, 0.25) is 11.8 Å². The van der Waals surface area contributed by atoms with Crippen LogP contribution in [0.5, 0.6) is 5.75 Å². The molecule has 4 rings (SSSR count). The summed E-state index contributed by atoms with van der Waals surface area (Å²) in [7, 11) is 1.62. The largest absolute Gasteiger partial charge is 0.497 e. The predicted molar refractivity (Wildman–Crippen MR) is 134 cm³/mol. The van der Waals surface area contributed by atoms with Gasteiger partial charge in [-0.15, -0.1) is 0 Å². The van der Waals surface area contributed by atoms with Gasteiger partial charge in [-0.3, -0.25) is 19.3 Å². The van der Waals surface area contributed by atoms with E-state index >= 15 is 0 Å². The monoisotopic (exact) mass is 491 g/mol. The zero-order valence-corrected chi connectivity index (χ0v) is 21.1. The van der Waals surface area contributed by atoms with E-state index in [1.165, 1.54) is 0 Å². The molecule has 1 aliphatic heterocycles. The fourth-order valence-electron chi connectivity index (χ4n) is 4.33. The summed E-state index contributed by atoms with van der Waals surface area (Å²) in [5, 5.41) is 4.44. The Labute approximate surface area is 211 Å². The number of benzene rings is 1. The lowest BCUT2D eigenvalue weighted by atomic mass is 10.2. The van der Waals surface area contributed by atoms with Gasteiger partial charge in [-0.05, 0) is 55.3 Å². The Bertz CT molecular complexity index is 1160. The van der Waals surface area contributed by atoms with Crippen LogP contribution in [0.4, 0.5) is 0 Å². The van der Waals surface area contributed by atoms with Crippen molar-refractivity contribution in [2.45, 2.75) is 46.1 Å². The minimum absolute atomic E-state index is 0.0290. The van der Waals surface area contributed by atoms with E-state index in [0.29, 0.717) is 32.8 Å². The summed E-state index contributed by atoms with van der Waals surface area (Å²) in [5.74, 6) is 0.582.